The summed E-state index contributed by atoms with van der Waals surface area (Å²) in [5.74, 6) is 1.08. The largest absolute Gasteiger partial charge is 0.493 e. The van der Waals surface area contributed by atoms with Crippen molar-refractivity contribution in [3.8, 4) is 5.75 Å². The molecule has 0 bridgehead atoms. The first-order chi connectivity index (χ1) is 18.9. The molecule has 0 amide bonds. The van der Waals surface area contributed by atoms with Crippen LogP contribution < -0.4 is 10.1 Å². The maximum Gasteiger partial charge on any atom is 0.329 e. The lowest BCUT2D eigenvalue weighted by Gasteiger charge is -2.47. The van der Waals surface area contributed by atoms with E-state index in [1.807, 2.05) is 36.5 Å². The summed E-state index contributed by atoms with van der Waals surface area (Å²) in [4.78, 5) is 17.2. The molecular formula is C33H37ClN2O3. The number of rotatable bonds is 8. The number of aliphatic carboxylic acids is 1. The maximum absolute atomic E-state index is 12.7. The topological polar surface area (TPSA) is 71.5 Å². The molecule has 6 heteroatoms. The first-order valence-corrected chi connectivity index (χ1v) is 14.7. The number of benzene rings is 2. The number of halogens is 1. The lowest BCUT2D eigenvalue weighted by Crippen LogP contribution is -2.53. The van der Waals surface area contributed by atoms with Crippen LogP contribution >= 0.6 is 11.6 Å². The Hall–Kier alpha value is -3.05. The molecule has 2 aromatic carbocycles. The van der Waals surface area contributed by atoms with Gasteiger partial charge < -0.3 is 15.2 Å². The Balaban J connectivity index is 1.19. The van der Waals surface area contributed by atoms with Gasteiger partial charge in [-0.05, 0) is 110 Å². The molecule has 1 spiro atoms. The van der Waals surface area contributed by atoms with Crippen LogP contribution in [0.2, 0.25) is 5.02 Å². The normalized spacial score (nSPS) is 26.2. The minimum atomic E-state index is -0.992. The van der Waals surface area contributed by atoms with Crippen LogP contribution in [0, 0.1) is 11.8 Å². The first-order valence-electron chi connectivity index (χ1n) is 14.3. The number of fused-ring (bicyclic) bond motifs is 3. The molecule has 0 aliphatic heterocycles. The number of pyridine rings is 1. The molecule has 1 heterocycles. The quantitative estimate of drug-likeness (QED) is 0.312. The molecule has 6 rings (SSSR count). The van der Waals surface area contributed by atoms with E-state index in [9.17, 15) is 9.90 Å². The van der Waals surface area contributed by atoms with Gasteiger partial charge in [-0.3, -0.25) is 4.98 Å². The van der Waals surface area contributed by atoms with Gasteiger partial charge in [0.15, 0.2) is 0 Å². The van der Waals surface area contributed by atoms with E-state index >= 15 is 0 Å². The SMILES string of the molecule is C[C@@H](COc1ccnc2c1CCC2)CC1Cc2ccccc2C12CCC(Nc1cccc(Cl)c1)(C(=O)O)CC2. The van der Waals surface area contributed by atoms with Crippen LogP contribution in [0.15, 0.2) is 60.8 Å². The van der Waals surface area contributed by atoms with Crippen molar-refractivity contribution >= 4 is 23.3 Å². The van der Waals surface area contributed by atoms with Crippen LogP contribution in [0.3, 0.4) is 0 Å². The zero-order valence-corrected chi connectivity index (χ0v) is 23.3. The fraction of sp³-hybridized carbons (Fsp3) is 0.455. The van der Waals surface area contributed by atoms with Gasteiger partial charge in [-0.15, -0.1) is 0 Å². The molecule has 2 N–H and O–H groups in total. The second-order valence-corrected chi connectivity index (χ2v) is 12.4. The third kappa shape index (κ3) is 4.91. The second-order valence-electron chi connectivity index (χ2n) is 12.0. The molecule has 1 aromatic heterocycles. The third-order valence-electron chi connectivity index (χ3n) is 9.57. The number of hydrogen-bond acceptors (Lipinski definition) is 4. The minimum Gasteiger partial charge on any atom is -0.493 e. The van der Waals surface area contributed by atoms with Crippen LogP contribution in [-0.2, 0) is 29.5 Å². The molecule has 1 fully saturated rings. The molecule has 3 aromatic rings. The van der Waals surface area contributed by atoms with E-state index < -0.39 is 11.5 Å². The molecule has 1 unspecified atom stereocenters. The smallest absolute Gasteiger partial charge is 0.329 e. The van der Waals surface area contributed by atoms with Crippen molar-refractivity contribution in [2.75, 3.05) is 11.9 Å². The fourth-order valence-corrected chi connectivity index (χ4v) is 7.75. The number of nitrogens with one attached hydrogen (secondary N) is 1. The van der Waals surface area contributed by atoms with Gasteiger partial charge in [0.2, 0.25) is 0 Å². The third-order valence-corrected chi connectivity index (χ3v) is 9.80. The number of anilines is 1. The zero-order chi connectivity index (χ0) is 27.0. The molecule has 204 valence electrons. The highest BCUT2D eigenvalue weighted by Crippen LogP contribution is 2.56. The zero-order valence-electron chi connectivity index (χ0n) is 22.6. The number of carboxylic acids is 1. The Bertz CT molecular complexity index is 1360. The van der Waals surface area contributed by atoms with Crippen molar-refractivity contribution < 1.29 is 14.6 Å². The van der Waals surface area contributed by atoms with Gasteiger partial charge in [-0.1, -0.05) is 48.9 Å². The van der Waals surface area contributed by atoms with Gasteiger partial charge in [0, 0.05) is 28.2 Å². The van der Waals surface area contributed by atoms with Crippen LogP contribution in [0.1, 0.15) is 67.8 Å². The lowest BCUT2D eigenvalue weighted by atomic mass is 9.59. The summed E-state index contributed by atoms with van der Waals surface area (Å²) in [6, 6.07) is 18.2. The lowest BCUT2D eigenvalue weighted by molar-refractivity contribution is -0.144. The van der Waals surface area contributed by atoms with E-state index in [1.54, 1.807) is 0 Å². The fourth-order valence-electron chi connectivity index (χ4n) is 7.56. The molecule has 39 heavy (non-hydrogen) atoms. The molecule has 1 saturated carbocycles. The van der Waals surface area contributed by atoms with E-state index in [4.69, 9.17) is 16.3 Å². The highest BCUT2D eigenvalue weighted by Gasteiger charge is 2.54. The number of aryl methyl sites for hydroxylation is 1. The highest BCUT2D eigenvalue weighted by atomic mass is 35.5. The predicted molar refractivity (Wildman–Crippen MR) is 155 cm³/mol. The van der Waals surface area contributed by atoms with Gasteiger partial charge in [-0.2, -0.15) is 0 Å². The molecule has 2 atom stereocenters. The van der Waals surface area contributed by atoms with E-state index in [1.165, 1.54) is 22.4 Å². The summed E-state index contributed by atoms with van der Waals surface area (Å²) in [7, 11) is 0. The Morgan fingerprint density at radius 1 is 1.13 bits per heavy atom. The van der Waals surface area contributed by atoms with Crippen molar-refractivity contribution in [1.29, 1.82) is 0 Å². The molecule has 0 saturated heterocycles. The van der Waals surface area contributed by atoms with Gasteiger partial charge in [0.25, 0.3) is 0 Å². The summed E-state index contributed by atoms with van der Waals surface area (Å²) in [6.45, 7) is 2.98. The van der Waals surface area contributed by atoms with Crippen molar-refractivity contribution in [2.45, 2.75) is 75.7 Å². The summed E-state index contributed by atoms with van der Waals surface area (Å²) in [5, 5.41) is 14.4. The predicted octanol–water partition coefficient (Wildman–Crippen LogP) is 7.25. The van der Waals surface area contributed by atoms with Crippen molar-refractivity contribution in [3.05, 3.63) is 88.2 Å². The second kappa shape index (κ2) is 10.5. The number of nitrogens with zero attached hydrogens (tertiary/aromatic N) is 1. The Kier molecular flexibility index (Phi) is 7.05. The van der Waals surface area contributed by atoms with Crippen LogP contribution in [0.4, 0.5) is 5.69 Å². The van der Waals surface area contributed by atoms with Gasteiger partial charge in [0.1, 0.15) is 11.3 Å². The summed E-state index contributed by atoms with van der Waals surface area (Å²) < 4.78 is 6.38. The molecule has 0 radical (unpaired) electrons. The Morgan fingerprint density at radius 2 is 1.95 bits per heavy atom. The minimum absolute atomic E-state index is 0.00225. The summed E-state index contributed by atoms with van der Waals surface area (Å²) >= 11 is 6.20. The standard InChI is InChI=1S/C33H37ClN2O3/c1-22(21-39-30-12-17-35-29-11-5-9-27(29)30)18-24-19-23-6-2-3-10-28(23)32(24)13-15-33(16-14-32,31(37)38)36-26-8-4-7-25(34)20-26/h2-4,6-8,10,12,17,20,22,24,36H,5,9,11,13-16,18-19,21H2,1H3,(H,37,38)/t22-,24?,32?,33?/m1/s1. The Morgan fingerprint density at radius 3 is 2.74 bits per heavy atom. The number of ether oxygens (including phenoxy) is 1. The summed E-state index contributed by atoms with van der Waals surface area (Å²) in [5.41, 5.74) is 5.11. The van der Waals surface area contributed by atoms with Crippen molar-refractivity contribution in [1.82, 2.24) is 4.98 Å². The molecule has 5 nitrogen and oxygen atoms in total. The van der Waals surface area contributed by atoms with Crippen LogP contribution in [0.25, 0.3) is 0 Å². The number of aromatic nitrogens is 1. The number of carbonyl (C=O) groups is 1. The summed E-state index contributed by atoms with van der Waals surface area (Å²) in [6.07, 6.45) is 10.1. The Labute approximate surface area is 236 Å². The number of carboxylic acid groups (broad SMARTS) is 1. The number of hydrogen-bond donors (Lipinski definition) is 2. The molecule has 3 aliphatic rings. The van der Waals surface area contributed by atoms with Gasteiger partial charge in [0.05, 0.1) is 6.61 Å². The van der Waals surface area contributed by atoms with Crippen molar-refractivity contribution in [3.63, 3.8) is 0 Å². The molecule has 3 aliphatic carbocycles. The maximum atomic E-state index is 12.7. The van der Waals surface area contributed by atoms with Gasteiger partial charge in [-0.25, -0.2) is 4.79 Å². The van der Waals surface area contributed by atoms with Crippen LogP contribution in [0.5, 0.6) is 5.75 Å². The monoisotopic (exact) mass is 544 g/mol. The average molecular weight is 545 g/mol. The first kappa shape index (κ1) is 26.2. The van der Waals surface area contributed by atoms with E-state index in [-0.39, 0.29) is 5.41 Å². The van der Waals surface area contributed by atoms with Gasteiger partial charge >= 0.3 is 5.97 Å². The highest BCUT2D eigenvalue weighted by molar-refractivity contribution is 6.30. The molecular weight excluding hydrogens is 508 g/mol. The van der Waals surface area contributed by atoms with E-state index in [0.29, 0.717) is 36.3 Å². The van der Waals surface area contributed by atoms with E-state index in [0.717, 1.165) is 56.4 Å². The van der Waals surface area contributed by atoms with Crippen molar-refractivity contribution in [2.24, 2.45) is 11.8 Å². The average Bonchev–Trinajstić information content (AvgIpc) is 3.52. The van der Waals surface area contributed by atoms with E-state index in [2.05, 4.69) is 41.5 Å². The van der Waals surface area contributed by atoms with Crippen LogP contribution in [-0.4, -0.2) is 28.2 Å².